The zero-order chi connectivity index (χ0) is 21.1. The monoisotopic (exact) mass is 427 g/mol. The number of thioether (sulfide) groups is 1. The van der Waals surface area contributed by atoms with Gasteiger partial charge in [0, 0.05) is 35.7 Å². The second-order valence-corrected chi connectivity index (χ2v) is 8.27. The van der Waals surface area contributed by atoms with Crippen molar-refractivity contribution in [3.63, 3.8) is 0 Å². The maximum Gasteiger partial charge on any atom is 0.277 e. The van der Waals surface area contributed by atoms with Gasteiger partial charge in [-0.25, -0.2) is 0 Å². The molecule has 30 heavy (non-hydrogen) atoms. The summed E-state index contributed by atoms with van der Waals surface area (Å²) in [5.74, 6) is 1.47. The van der Waals surface area contributed by atoms with E-state index >= 15 is 0 Å². The van der Waals surface area contributed by atoms with E-state index in [2.05, 4.69) is 14.8 Å². The minimum absolute atomic E-state index is 0.0517. The van der Waals surface area contributed by atoms with E-state index in [1.165, 1.54) is 11.8 Å². The number of Topliss-reactive ketones (excluding diaryl/α,β-unsaturated/α-hetero) is 1. The Bertz CT molecular complexity index is 1020. The molecule has 0 spiro atoms. The Labute approximate surface area is 179 Å². The molecule has 7 nitrogen and oxygen atoms in total. The lowest BCUT2D eigenvalue weighted by Gasteiger charge is -2.14. The van der Waals surface area contributed by atoms with Gasteiger partial charge in [0.05, 0.1) is 19.0 Å². The summed E-state index contributed by atoms with van der Waals surface area (Å²) in [6.45, 7) is 5.65. The molecule has 0 unspecified atom stereocenters. The van der Waals surface area contributed by atoms with Gasteiger partial charge < -0.3 is 18.5 Å². The maximum atomic E-state index is 12.8. The Balaban J connectivity index is 1.39. The summed E-state index contributed by atoms with van der Waals surface area (Å²) < 4.78 is 18.8. The van der Waals surface area contributed by atoms with Crippen LogP contribution in [0.15, 0.2) is 40.0 Å². The van der Waals surface area contributed by atoms with E-state index in [-0.39, 0.29) is 17.6 Å². The fraction of sp³-hybridized carbons (Fsp3) is 0.409. The van der Waals surface area contributed by atoms with Crippen molar-refractivity contribution >= 4 is 17.5 Å². The van der Waals surface area contributed by atoms with Crippen molar-refractivity contribution in [2.24, 2.45) is 0 Å². The smallest absolute Gasteiger partial charge is 0.277 e. The molecule has 0 radical (unpaired) electrons. The molecule has 0 N–H and O–H groups in total. The van der Waals surface area contributed by atoms with Crippen molar-refractivity contribution in [2.45, 2.75) is 44.6 Å². The van der Waals surface area contributed by atoms with Gasteiger partial charge in [0.1, 0.15) is 5.75 Å². The predicted octanol–water partition coefficient (Wildman–Crippen LogP) is 4.32. The van der Waals surface area contributed by atoms with E-state index in [4.69, 9.17) is 13.9 Å². The molecule has 1 fully saturated rings. The summed E-state index contributed by atoms with van der Waals surface area (Å²) in [6.07, 6.45) is 2.42. The summed E-state index contributed by atoms with van der Waals surface area (Å²) in [5.41, 5.74) is 3.61. The highest BCUT2D eigenvalue weighted by atomic mass is 32.2. The molecule has 158 valence electrons. The largest absolute Gasteiger partial charge is 0.497 e. The van der Waals surface area contributed by atoms with Gasteiger partial charge in [-0.1, -0.05) is 11.8 Å². The maximum absolute atomic E-state index is 12.8. The minimum atomic E-state index is 0.0517. The zero-order valence-corrected chi connectivity index (χ0v) is 18.2. The third-order valence-corrected chi connectivity index (χ3v) is 6.17. The van der Waals surface area contributed by atoms with Gasteiger partial charge in [0.2, 0.25) is 5.89 Å². The van der Waals surface area contributed by atoms with Crippen LogP contribution in [0.4, 0.5) is 0 Å². The molecule has 0 saturated carbocycles. The second kappa shape index (κ2) is 9.06. The highest BCUT2D eigenvalue weighted by Crippen LogP contribution is 2.26. The van der Waals surface area contributed by atoms with E-state index in [1.54, 1.807) is 7.11 Å². The summed E-state index contributed by atoms with van der Waals surface area (Å²) in [5, 5.41) is 8.51. The van der Waals surface area contributed by atoms with Crippen molar-refractivity contribution < 1.29 is 18.7 Å². The van der Waals surface area contributed by atoms with Crippen molar-refractivity contribution in [3.8, 4) is 17.2 Å². The number of nitrogens with zero attached hydrogens (tertiary/aromatic N) is 3. The molecular formula is C22H25N3O4S. The molecule has 0 aliphatic carbocycles. The lowest BCUT2D eigenvalue weighted by molar-refractivity contribution is 0.0957. The number of ether oxygens (including phenoxy) is 2. The molecule has 0 amide bonds. The number of hydrogen-bond acceptors (Lipinski definition) is 7. The molecule has 8 heteroatoms. The first-order valence-electron chi connectivity index (χ1n) is 9.97. The van der Waals surface area contributed by atoms with E-state index in [0.717, 1.165) is 54.3 Å². The van der Waals surface area contributed by atoms with Crippen LogP contribution in [0.25, 0.3) is 11.5 Å². The lowest BCUT2D eigenvalue weighted by Crippen LogP contribution is -2.17. The van der Waals surface area contributed by atoms with E-state index in [0.29, 0.717) is 11.1 Å². The Morgan fingerprint density at radius 3 is 2.77 bits per heavy atom. The number of benzene rings is 1. The van der Waals surface area contributed by atoms with E-state index < -0.39 is 0 Å². The summed E-state index contributed by atoms with van der Waals surface area (Å²) in [6, 6.07) is 9.35. The van der Waals surface area contributed by atoms with Crippen molar-refractivity contribution in [1.82, 2.24) is 14.8 Å². The molecule has 1 aliphatic heterocycles. The van der Waals surface area contributed by atoms with Crippen LogP contribution in [0.5, 0.6) is 5.75 Å². The minimum Gasteiger partial charge on any atom is -0.497 e. The second-order valence-electron chi connectivity index (χ2n) is 7.34. The van der Waals surface area contributed by atoms with Crippen LogP contribution < -0.4 is 4.74 Å². The molecule has 1 saturated heterocycles. The molecule has 0 bridgehead atoms. The zero-order valence-electron chi connectivity index (χ0n) is 17.4. The summed E-state index contributed by atoms with van der Waals surface area (Å²) in [4.78, 5) is 12.8. The van der Waals surface area contributed by atoms with E-state index in [9.17, 15) is 4.79 Å². The molecule has 4 rings (SSSR count). The van der Waals surface area contributed by atoms with Gasteiger partial charge in [-0.3, -0.25) is 4.79 Å². The first-order chi connectivity index (χ1) is 14.5. The lowest BCUT2D eigenvalue weighted by atomic mass is 10.2. The van der Waals surface area contributed by atoms with Gasteiger partial charge >= 0.3 is 0 Å². The van der Waals surface area contributed by atoms with Crippen molar-refractivity contribution in [1.29, 1.82) is 0 Å². The topological polar surface area (TPSA) is 79.4 Å². The third kappa shape index (κ3) is 4.44. The Kier molecular flexibility index (Phi) is 6.24. The SMILES string of the molecule is COc1ccc(-c2nnc(SCC(=O)c3cc(C)n(C[C@H]4CCCO4)c3C)o2)cc1. The number of carbonyl (C=O) groups is 1. The number of aromatic nitrogens is 3. The molecular weight excluding hydrogens is 402 g/mol. The highest BCUT2D eigenvalue weighted by molar-refractivity contribution is 7.99. The molecule has 1 atom stereocenters. The van der Waals surface area contributed by atoms with Gasteiger partial charge in [-0.2, -0.15) is 0 Å². The number of ketones is 1. The molecule has 3 heterocycles. The Morgan fingerprint density at radius 1 is 1.27 bits per heavy atom. The predicted molar refractivity (Wildman–Crippen MR) is 114 cm³/mol. The third-order valence-electron chi connectivity index (χ3n) is 5.35. The Morgan fingerprint density at radius 2 is 2.07 bits per heavy atom. The fourth-order valence-electron chi connectivity index (χ4n) is 3.68. The van der Waals surface area contributed by atoms with Gasteiger partial charge in [-0.15, -0.1) is 10.2 Å². The van der Waals surface area contributed by atoms with Crippen LogP contribution in [0.1, 0.15) is 34.6 Å². The number of rotatable bonds is 8. The van der Waals surface area contributed by atoms with Crippen LogP contribution in [-0.4, -0.2) is 46.1 Å². The first kappa shape index (κ1) is 20.7. The number of hydrogen-bond donors (Lipinski definition) is 0. The normalized spacial score (nSPS) is 16.2. The Hall–Kier alpha value is -2.58. The summed E-state index contributed by atoms with van der Waals surface area (Å²) in [7, 11) is 1.62. The van der Waals surface area contributed by atoms with Crippen LogP contribution in [0, 0.1) is 13.8 Å². The molecule has 1 aliphatic rings. The van der Waals surface area contributed by atoms with Crippen LogP contribution in [0.2, 0.25) is 0 Å². The number of carbonyl (C=O) groups excluding carboxylic acids is 1. The average molecular weight is 428 g/mol. The number of aryl methyl sites for hydroxylation is 1. The molecule has 2 aromatic heterocycles. The van der Waals surface area contributed by atoms with E-state index in [1.807, 2.05) is 44.2 Å². The molecule has 1 aromatic carbocycles. The average Bonchev–Trinajstić information content (AvgIpc) is 3.50. The fourth-order valence-corrected chi connectivity index (χ4v) is 4.33. The van der Waals surface area contributed by atoms with Crippen molar-refractivity contribution in [3.05, 3.63) is 47.3 Å². The van der Waals surface area contributed by atoms with Crippen molar-refractivity contribution in [2.75, 3.05) is 19.5 Å². The van der Waals surface area contributed by atoms with Gasteiger partial charge in [0.25, 0.3) is 5.22 Å². The summed E-state index contributed by atoms with van der Waals surface area (Å²) >= 11 is 1.25. The van der Waals surface area contributed by atoms with Crippen LogP contribution in [-0.2, 0) is 11.3 Å². The first-order valence-corrected chi connectivity index (χ1v) is 11.0. The van der Waals surface area contributed by atoms with Gasteiger partial charge in [0.15, 0.2) is 5.78 Å². The van der Waals surface area contributed by atoms with Crippen LogP contribution in [0.3, 0.4) is 0 Å². The van der Waals surface area contributed by atoms with Crippen LogP contribution >= 0.6 is 11.8 Å². The quantitative estimate of drug-likeness (QED) is 0.391. The highest BCUT2D eigenvalue weighted by Gasteiger charge is 2.21. The van der Waals surface area contributed by atoms with Gasteiger partial charge in [-0.05, 0) is 57.0 Å². The standard InChI is InChI=1S/C22H25N3O4S/c1-14-11-19(15(2)25(14)12-18-5-4-10-28-18)20(26)13-30-22-24-23-21(29-22)16-6-8-17(27-3)9-7-16/h6-9,11,18H,4-5,10,12-13H2,1-3H3/t18-/m1/s1. The number of methoxy groups -OCH3 is 1. The molecule has 3 aromatic rings.